The van der Waals surface area contributed by atoms with E-state index in [9.17, 15) is 4.39 Å². The molecule has 1 aromatic rings. The summed E-state index contributed by atoms with van der Waals surface area (Å²) in [4.78, 5) is 0. The first-order chi connectivity index (χ1) is 7.94. The summed E-state index contributed by atoms with van der Waals surface area (Å²) in [6, 6.07) is 6.03. The molecule has 86 valence electrons. The molecule has 5 heteroatoms. The third-order valence-electron chi connectivity index (χ3n) is 2.71. The van der Waals surface area contributed by atoms with Crippen molar-refractivity contribution >= 4 is 12.6 Å². The van der Waals surface area contributed by atoms with Crippen molar-refractivity contribution in [3.05, 3.63) is 41.9 Å². The Labute approximate surface area is 99.6 Å². The standard InChI is InChI=1S/C12H11BFNO2/c1-8-12(2,3)17-13(16-8)10-5-4-9(7-15)11(14)6-10/h4-6H,1H2,2-3H3. The average molecular weight is 231 g/mol. The first-order valence-electron chi connectivity index (χ1n) is 5.17. The van der Waals surface area contributed by atoms with Gasteiger partial charge < -0.3 is 9.31 Å². The molecule has 1 aromatic carbocycles. The van der Waals surface area contributed by atoms with E-state index in [1.54, 1.807) is 12.1 Å². The van der Waals surface area contributed by atoms with E-state index in [-0.39, 0.29) is 5.56 Å². The molecule has 1 aliphatic heterocycles. The molecule has 0 unspecified atom stereocenters. The lowest BCUT2D eigenvalue weighted by molar-refractivity contribution is 0.173. The van der Waals surface area contributed by atoms with Crippen molar-refractivity contribution in [1.29, 1.82) is 5.26 Å². The van der Waals surface area contributed by atoms with Crippen LogP contribution < -0.4 is 5.46 Å². The van der Waals surface area contributed by atoms with Crippen molar-refractivity contribution in [2.45, 2.75) is 19.4 Å². The van der Waals surface area contributed by atoms with Gasteiger partial charge in [0.2, 0.25) is 0 Å². The van der Waals surface area contributed by atoms with Gasteiger partial charge in [0.1, 0.15) is 17.5 Å². The number of nitriles is 1. The van der Waals surface area contributed by atoms with Crippen LogP contribution in [-0.4, -0.2) is 12.7 Å². The maximum Gasteiger partial charge on any atom is 0.563 e. The normalized spacial score (nSPS) is 17.8. The van der Waals surface area contributed by atoms with Crippen LogP contribution in [0.25, 0.3) is 0 Å². The predicted molar refractivity (Wildman–Crippen MR) is 61.9 cm³/mol. The van der Waals surface area contributed by atoms with Gasteiger partial charge in [0.05, 0.1) is 11.3 Å². The van der Waals surface area contributed by atoms with Crippen LogP contribution in [0.3, 0.4) is 0 Å². The SMILES string of the molecule is C=C1OB(c2ccc(C#N)c(F)c2)OC1(C)C. The zero-order chi connectivity index (χ0) is 12.6. The van der Waals surface area contributed by atoms with Crippen LogP contribution in [0.5, 0.6) is 0 Å². The van der Waals surface area contributed by atoms with Gasteiger partial charge in [0.25, 0.3) is 0 Å². The Bertz CT molecular complexity index is 522. The number of rotatable bonds is 1. The monoisotopic (exact) mass is 231 g/mol. The Kier molecular flexibility index (Phi) is 2.68. The molecule has 0 aromatic heterocycles. The van der Waals surface area contributed by atoms with E-state index in [0.29, 0.717) is 11.2 Å². The Balaban J connectivity index is 2.29. The molecule has 0 N–H and O–H groups in total. The van der Waals surface area contributed by atoms with Crippen LogP contribution in [0.2, 0.25) is 0 Å². The van der Waals surface area contributed by atoms with E-state index < -0.39 is 18.5 Å². The minimum absolute atomic E-state index is 0.00448. The Morgan fingerprint density at radius 2 is 2.18 bits per heavy atom. The van der Waals surface area contributed by atoms with E-state index in [4.69, 9.17) is 14.6 Å². The number of hydrogen-bond acceptors (Lipinski definition) is 3. The summed E-state index contributed by atoms with van der Waals surface area (Å²) in [6.45, 7) is 7.40. The summed E-state index contributed by atoms with van der Waals surface area (Å²) < 4.78 is 24.5. The highest BCUT2D eigenvalue weighted by atomic mass is 19.1. The third kappa shape index (κ3) is 2.04. The van der Waals surface area contributed by atoms with Crippen molar-refractivity contribution in [1.82, 2.24) is 0 Å². The number of hydrogen-bond donors (Lipinski definition) is 0. The van der Waals surface area contributed by atoms with Gasteiger partial charge in [0.15, 0.2) is 0 Å². The van der Waals surface area contributed by atoms with Crippen LogP contribution in [0.4, 0.5) is 4.39 Å². The van der Waals surface area contributed by atoms with E-state index in [0.717, 1.165) is 0 Å². The summed E-state index contributed by atoms with van der Waals surface area (Å²) in [5.74, 6) is -0.0696. The molecule has 0 bridgehead atoms. The first-order valence-corrected chi connectivity index (χ1v) is 5.17. The third-order valence-corrected chi connectivity index (χ3v) is 2.71. The quantitative estimate of drug-likeness (QED) is 0.691. The van der Waals surface area contributed by atoms with Crippen molar-refractivity contribution in [2.24, 2.45) is 0 Å². The van der Waals surface area contributed by atoms with Gasteiger partial charge in [-0.1, -0.05) is 12.6 Å². The molecule has 0 spiro atoms. The molecule has 1 heterocycles. The van der Waals surface area contributed by atoms with Crippen LogP contribution >= 0.6 is 0 Å². The molecule has 0 radical (unpaired) electrons. The summed E-state index contributed by atoms with van der Waals surface area (Å²) in [6.07, 6.45) is 0. The molecule has 1 fully saturated rings. The smallest absolute Gasteiger partial charge is 0.534 e. The van der Waals surface area contributed by atoms with E-state index in [2.05, 4.69) is 6.58 Å². The van der Waals surface area contributed by atoms with Crippen LogP contribution in [0.1, 0.15) is 19.4 Å². The molecule has 3 nitrogen and oxygen atoms in total. The highest BCUT2D eigenvalue weighted by Crippen LogP contribution is 2.29. The average Bonchev–Trinajstić information content (AvgIpc) is 2.53. The van der Waals surface area contributed by atoms with Crippen molar-refractivity contribution in [3.63, 3.8) is 0 Å². The van der Waals surface area contributed by atoms with Gasteiger partial charge in [-0.05, 0) is 31.4 Å². The minimum Gasteiger partial charge on any atom is -0.534 e. The molecule has 0 saturated carbocycles. The van der Waals surface area contributed by atoms with E-state index in [1.165, 1.54) is 12.1 Å². The Morgan fingerprint density at radius 3 is 2.65 bits per heavy atom. The summed E-state index contributed by atoms with van der Waals surface area (Å²) in [5, 5.41) is 8.63. The Morgan fingerprint density at radius 1 is 1.47 bits per heavy atom. The second-order valence-electron chi connectivity index (χ2n) is 4.35. The molecule has 1 saturated heterocycles. The fourth-order valence-electron chi connectivity index (χ4n) is 1.53. The van der Waals surface area contributed by atoms with Gasteiger partial charge in [-0.15, -0.1) is 0 Å². The Hall–Kier alpha value is -1.80. The lowest BCUT2D eigenvalue weighted by Gasteiger charge is -2.15. The zero-order valence-corrected chi connectivity index (χ0v) is 9.66. The maximum atomic E-state index is 13.4. The molecule has 0 amide bonds. The number of benzene rings is 1. The van der Waals surface area contributed by atoms with E-state index >= 15 is 0 Å². The molecule has 17 heavy (non-hydrogen) atoms. The fourth-order valence-corrected chi connectivity index (χ4v) is 1.53. The number of nitrogens with zero attached hydrogens (tertiary/aromatic N) is 1. The van der Waals surface area contributed by atoms with Crippen molar-refractivity contribution in [3.8, 4) is 6.07 Å². The van der Waals surface area contributed by atoms with Gasteiger partial charge in [-0.25, -0.2) is 4.39 Å². The summed E-state index contributed by atoms with van der Waals surface area (Å²) in [5.41, 5.74) is -0.0484. The minimum atomic E-state index is -0.667. The summed E-state index contributed by atoms with van der Waals surface area (Å²) in [7, 11) is -0.667. The molecule has 2 rings (SSSR count). The van der Waals surface area contributed by atoms with Gasteiger partial charge in [-0.2, -0.15) is 5.26 Å². The van der Waals surface area contributed by atoms with Crippen LogP contribution in [0.15, 0.2) is 30.5 Å². The molecule has 0 aliphatic carbocycles. The second kappa shape index (κ2) is 3.90. The second-order valence-corrected chi connectivity index (χ2v) is 4.35. The highest BCUT2D eigenvalue weighted by molar-refractivity contribution is 6.62. The van der Waals surface area contributed by atoms with Crippen LogP contribution in [0, 0.1) is 17.1 Å². The highest BCUT2D eigenvalue weighted by Gasteiger charge is 2.42. The zero-order valence-electron chi connectivity index (χ0n) is 9.66. The fraction of sp³-hybridized carbons (Fsp3) is 0.250. The van der Waals surface area contributed by atoms with Crippen molar-refractivity contribution < 1.29 is 13.7 Å². The molecule has 1 aliphatic rings. The van der Waals surface area contributed by atoms with Gasteiger partial charge >= 0.3 is 7.12 Å². The number of halogens is 1. The molecular formula is C12H11BFNO2. The van der Waals surface area contributed by atoms with Gasteiger partial charge in [-0.3, -0.25) is 0 Å². The van der Waals surface area contributed by atoms with Gasteiger partial charge in [0, 0.05) is 0 Å². The van der Waals surface area contributed by atoms with E-state index in [1.807, 2.05) is 13.8 Å². The van der Waals surface area contributed by atoms with Crippen molar-refractivity contribution in [2.75, 3.05) is 0 Å². The lowest BCUT2D eigenvalue weighted by atomic mass is 9.79. The maximum absolute atomic E-state index is 13.4. The topological polar surface area (TPSA) is 42.2 Å². The molecule has 0 atom stereocenters. The predicted octanol–water partition coefficient (Wildman–Crippen LogP) is 1.73. The largest absolute Gasteiger partial charge is 0.563 e. The summed E-state index contributed by atoms with van der Waals surface area (Å²) >= 11 is 0. The lowest BCUT2D eigenvalue weighted by Crippen LogP contribution is -2.34. The molecular weight excluding hydrogens is 220 g/mol. The van der Waals surface area contributed by atoms with Crippen LogP contribution in [-0.2, 0) is 9.31 Å². The first kappa shape index (κ1) is 11.7.